The molecule has 7 heteroatoms. The summed E-state index contributed by atoms with van der Waals surface area (Å²) in [6, 6.07) is 8.25. The van der Waals surface area contributed by atoms with Crippen LogP contribution in [0, 0.1) is 0 Å². The maximum atomic E-state index is 9.13. The molecule has 25 heavy (non-hydrogen) atoms. The number of fused-ring (bicyclic) bond motifs is 1. The standard InChI is InChI=1S/C18H25N5O2/c24-12-9-21-5-7-23(8-6-21)18-19-16-4-2-1-3-15(16)17(20-18)22-10-13-25-14-11-22/h1-4,24H,5-14H2/p+1. The van der Waals surface area contributed by atoms with Crippen LogP contribution in [-0.2, 0) is 4.74 Å². The van der Waals surface area contributed by atoms with Gasteiger partial charge in [-0.15, -0.1) is 0 Å². The van der Waals surface area contributed by atoms with E-state index in [4.69, 9.17) is 19.8 Å². The number of aliphatic hydroxyl groups excluding tert-OH is 1. The van der Waals surface area contributed by atoms with Gasteiger partial charge in [0.1, 0.15) is 12.4 Å². The lowest BCUT2D eigenvalue weighted by molar-refractivity contribution is -0.900. The number of nitrogens with one attached hydrogen (secondary N) is 1. The van der Waals surface area contributed by atoms with Crippen LogP contribution in [0.25, 0.3) is 10.9 Å². The number of hydrogen-bond acceptors (Lipinski definition) is 6. The third-order valence-corrected chi connectivity index (χ3v) is 5.10. The van der Waals surface area contributed by atoms with Crippen molar-refractivity contribution in [2.45, 2.75) is 0 Å². The summed E-state index contributed by atoms with van der Waals surface area (Å²) in [4.78, 5) is 15.8. The van der Waals surface area contributed by atoms with E-state index < -0.39 is 0 Å². The maximum absolute atomic E-state index is 9.13. The fourth-order valence-electron chi connectivity index (χ4n) is 3.64. The molecule has 0 atom stereocenters. The average molecular weight is 344 g/mol. The molecular formula is C18H26N5O2+. The van der Waals surface area contributed by atoms with Crippen molar-refractivity contribution in [1.82, 2.24) is 9.97 Å². The van der Waals surface area contributed by atoms with Crippen LogP contribution >= 0.6 is 0 Å². The molecule has 4 rings (SSSR count). The third-order valence-electron chi connectivity index (χ3n) is 5.10. The Hall–Kier alpha value is -1.96. The van der Waals surface area contributed by atoms with Crippen molar-refractivity contribution in [3.05, 3.63) is 24.3 Å². The topological polar surface area (TPSA) is 66.2 Å². The number of benzene rings is 1. The number of anilines is 2. The number of aliphatic hydroxyl groups is 1. The molecule has 0 saturated carbocycles. The zero-order valence-electron chi connectivity index (χ0n) is 14.5. The average Bonchev–Trinajstić information content (AvgIpc) is 2.69. The summed E-state index contributed by atoms with van der Waals surface area (Å²) in [5.41, 5.74) is 0.999. The van der Waals surface area contributed by atoms with Gasteiger partial charge in [0.15, 0.2) is 0 Å². The molecule has 3 heterocycles. The van der Waals surface area contributed by atoms with Crippen LogP contribution in [0.2, 0.25) is 0 Å². The Morgan fingerprint density at radius 3 is 2.52 bits per heavy atom. The molecule has 0 bridgehead atoms. The van der Waals surface area contributed by atoms with Crippen LogP contribution in [0.4, 0.5) is 11.8 Å². The summed E-state index contributed by atoms with van der Waals surface area (Å²) in [7, 11) is 0. The van der Waals surface area contributed by atoms with Gasteiger partial charge >= 0.3 is 0 Å². The number of hydrogen-bond donors (Lipinski definition) is 2. The Morgan fingerprint density at radius 1 is 1.00 bits per heavy atom. The molecule has 0 aliphatic carbocycles. The zero-order chi connectivity index (χ0) is 17.1. The van der Waals surface area contributed by atoms with Gasteiger partial charge in [-0.3, -0.25) is 0 Å². The quantitative estimate of drug-likeness (QED) is 0.754. The van der Waals surface area contributed by atoms with Crippen LogP contribution < -0.4 is 14.7 Å². The third kappa shape index (κ3) is 3.53. The summed E-state index contributed by atoms with van der Waals surface area (Å²) in [6.07, 6.45) is 0. The molecule has 2 aliphatic rings. The van der Waals surface area contributed by atoms with E-state index in [9.17, 15) is 0 Å². The highest BCUT2D eigenvalue weighted by molar-refractivity contribution is 5.90. The first-order valence-corrected chi connectivity index (χ1v) is 9.14. The molecule has 0 unspecified atom stereocenters. The van der Waals surface area contributed by atoms with Gasteiger partial charge in [0, 0.05) is 18.5 Å². The highest BCUT2D eigenvalue weighted by Gasteiger charge is 2.24. The lowest BCUT2D eigenvalue weighted by atomic mass is 10.2. The molecule has 2 fully saturated rings. The van der Waals surface area contributed by atoms with Gasteiger partial charge in [-0.25, -0.2) is 4.98 Å². The molecule has 1 aromatic carbocycles. The highest BCUT2D eigenvalue weighted by atomic mass is 16.5. The van der Waals surface area contributed by atoms with Crippen LogP contribution in [0.15, 0.2) is 24.3 Å². The summed E-state index contributed by atoms with van der Waals surface area (Å²) in [6.45, 7) is 8.20. The molecule has 1 aromatic heterocycles. The summed E-state index contributed by atoms with van der Waals surface area (Å²) in [5.74, 6) is 1.84. The van der Waals surface area contributed by atoms with Crippen molar-refractivity contribution in [2.24, 2.45) is 0 Å². The van der Waals surface area contributed by atoms with Crippen molar-refractivity contribution >= 4 is 22.7 Å². The number of rotatable bonds is 4. The summed E-state index contributed by atoms with van der Waals surface area (Å²) < 4.78 is 5.50. The van der Waals surface area contributed by atoms with Gasteiger partial charge in [-0.2, -0.15) is 4.98 Å². The molecule has 7 nitrogen and oxygen atoms in total. The highest BCUT2D eigenvalue weighted by Crippen LogP contribution is 2.27. The Morgan fingerprint density at radius 2 is 1.76 bits per heavy atom. The van der Waals surface area contributed by atoms with E-state index >= 15 is 0 Å². The van der Waals surface area contributed by atoms with Crippen molar-refractivity contribution in [1.29, 1.82) is 0 Å². The molecule has 2 N–H and O–H groups in total. The van der Waals surface area contributed by atoms with Gasteiger partial charge in [0.25, 0.3) is 0 Å². The largest absolute Gasteiger partial charge is 0.391 e. The van der Waals surface area contributed by atoms with Gasteiger partial charge in [-0.1, -0.05) is 12.1 Å². The Balaban J connectivity index is 1.63. The van der Waals surface area contributed by atoms with E-state index in [1.54, 1.807) is 0 Å². The van der Waals surface area contributed by atoms with Crippen LogP contribution in [0.3, 0.4) is 0 Å². The second-order valence-corrected chi connectivity index (χ2v) is 6.67. The normalized spacial score (nSPS) is 19.6. The van der Waals surface area contributed by atoms with E-state index in [0.717, 1.165) is 81.7 Å². The SMILES string of the molecule is OCC[NH+]1CCN(c2nc(N3CCOCC3)c3ccccc3n2)CC1. The Labute approximate surface area is 147 Å². The minimum absolute atomic E-state index is 0.253. The lowest BCUT2D eigenvalue weighted by Crippen LogP contribution is -3.15. The predicted octanol–water partition coefficient (Wildman–Crippen LogP) is -0.836. The number of morpholine rings is 1. The molecule has 2 aromatic rings. The lowest BCUT2D eigenvalue weighted by Gasteiger charge is -2.33. The van der Waals surface area contributed by atoms with Gasteiger partial charge < -0.3 is 24.5 Å². The monoisotopic (exact) mass is 344 g/mol. The summed E-state index contributed by atoms with van der Waals surface area (Å²) in [5, 5.41) is 10.2. The fourth-order valence-corrected chi connectivity index (χ4v) is 3.64. The Kier molecular flexibility index (Phi) is 4.96. The first kappa shape index (κ1) is 16.5. The number of ether oxygens (including phenoxy) is 1. The van der Waals surface area contributed by atoms with E-state index in [0.29, 0.717) is 0 Å². The molecule has 0 radical (unpaired) electrons. The second-order valence-electron chi connectivity index (χ2n) is 6.67. The number of quaternary nitrogens is 1. The van der Waals surface area contributed by atoms with Gasteiger partial charge in [0.2, 0.25) is 5.95 Å². The maximum Gasteiger partial charge on any atom is 0.228 e. The van der Waals surface area contributed by atoms with Crippen molar-refractivity contribution in [3.8, 4) is 0 Å². The summed E-state index contributed by atoms with van der Waals surface area (Å²) >= 11 is 0. The first-order valence-electron chi connectivity index (χ1n) is 9.14. The molecule has 0 spiro atoms. The molecule has 134 valence electrons. The molecule has 2 aliphatic heterocycles. The van der Waals surface area contributed by atoms with E-state index in [-0.39, 0.29) is 6.61 Å². The van der Waals surface area contributed by atoms with E-state index in [1.807, 2.05) is 12.1 Å². The number of piperazine rings is 1. The smallest absolute Gasteiger partial charge is 0.228 e. The molecule has 0 amide bonds. The first-order chi connectivity index (χ1) is 12.3. The van der Waals surface area contributed by atoms with Gasteiger partial charge in [-0.05, 0) is 12.1 Å². The second kappa shape index (κ2) is 7.51. The fraction of sp³-hybridized carbons (Fsp3) is 0.556. The van der Waals surface area contributed by atoms with Crippen LogP contribution in [0.5, 0.6) is 0 Å². The van der Waals surface area contributed by atoms with Gasteiger partial charge in [0.05, 0.1) is 51.5 Å². The van der Waals surface area contributed by atoms with Crippen molar-refractivity contribution < 1.29 is 14.7 Å². The van der Waals surface area contributed by atoms with Crippen LogP contribution in [-0.4, -0.2) is 80.7 Å². The Bertz CT molecular complexity index is 712. The van der Waals surface area contributed by atoms with Crippen LogP contribution in [0.1, 0.15) is 0 Å². The number of para-hydroxylation sites is 1. The molecule has 2 saturated heterocycles. The van der Waals surface area contributed by atoms with Crippen molar-refractivity contribution in [3.63, 3.8) is 0 Å². The predicted molar refractivity (Wildman–Crippen MR) is 97.4 cm³/mol. The van der Waals surface area contributed by atoms with Crippen molar-refractivity contribution in [2.75, 3.05) is 75.4 Å². The zero-order valence-corrected chi connectivity index (χ0v) is 14.5. The minimum atomic E-state index is 0.253. The number of nitrogens with zero attached hydrogens (tertiary/aromatic N) is 4. The minimum Gasteiger partial charge on any atom is -0.391 e. The van der Waals surface area contributed by atoms with E-state index in [1.165, 1.54) is 4.90 Å². The number of aromatic nitrogens is 2. The molecular weight excluding hydrogens is 318 g/mol. The van der Waals surface area contributed by atoms with E-state index in [2.05, 4.69) is 21.9 Å².